The van der Waals surface area contributed by atoms with Gasteiger partial charge >= 0.3 is 11.9 Å². The number of rotatable bonds is 13. The highest BCUT2D eigenvalue weighted by atomic mass is 16.6. The van der Waals surface area contributed by atoms with Gasteiger partial charge in [0.1, 0.15) is 12.3 Å². The average molecular weight is 472 g/mol. The van der Waals surface area contributed by atoms with Crippen molar-refractivity contribution < 1.29 is 29.3 Å². The maximum atomic E-state index is 12.2. The van der Waals surface area contributed by atoms with Crippen molar-refractivity contribution in [2.24, 2.45) is 5.92 Å². The number of aliphatic carboxylic acids is 1. The lowest BCUT2D eigenvalue weighted by molar-refractivity contribution is -0.142. The third kappa shape index (κ3) is 8.36. The van der Waals surface area contributed by atoms with E-state index in [1.807, 2.05) is 13.0 Å². The van der Waals surface area contributed by atoms with Crippen LogP contribution in [-0.2, 0) is 19.1 Å². The van der Waals surface area contributed by atoms with E-state index in [1.165, 1.54) is 10.5 Å². The van der Waals surface area contributed by atoms with Gasteiger partial charge in [-0.15, -0.1) is 0 Å². The summed E-state index contributed by atoms with van der Waals surface area (Å²) in [6, 6.07) is 0. The van der Waals surface area contributed by atoms with Crippen molar-refractivity contribution in [2.45, 2.75) is 72.3 Å². The Morgan fingerprint density at radius 3 is 2.68 bits per heavy atom. The van der Waals surface area contributed by atoms with Crippen LogP contribution in [0.15, 0.2) is 58.4 Å². The number of aliphatic hydroxyl groups is 1. The first kappa shape index (κ1) is 27.2. The fourth-order valence-electron chi connectivity index (χ4n) is 3.98. The third-order valence-electron chi connectivity index (χ3n) is 6.15. The molecule has 186 valence electrons. The second-order valence-corrected chi connectivity index (χ2v) is 9.27. The third-order valence-corrected chi connectivity index (χ3v) is 6.15. The van der Waals surface area contributed by atoms with Crippen molar-refractivity contribution in [1.82, 2.24) is 4.90 Å². The maximum Gasteiger partial charge on any atom is 0.338 e. The molecule has 1 amide bonds. The Balaban J connectivity index is 1.66. The molecule has 7 nitrogen and oxygen atoms in total. The second kappa shape index (κ2) is 13.0. The molecule has 2 unspecified atom stereocenters. The maximum absolute atomic E-state index is 12.2. The molecular weight excluding hydrogens is 434 g/mol. The van der Waals surface area contributed by atoms with Gasteiger partial charge in [-0.25, -0.2) is 4.79 Å². The molecular formula is C27H37NO6. The number of carboxylic acids is 1. The van der Waals surface area contributed by atoms with E-state index in [4.69, 9.17) is 9.84 Å². The monoisotopic (exact) mass is 471 g/mol. The van der Waals surface area contributed by atoms with Gasteiger partial charge in [0.05, 0.1) is 5.57 Å². The van der Waals surface area contributed by atoms with Gasteiger partial charge in [-0.1, -0.05) is 48.5 Å². The molecule has 2 aliphatic heterocycles. The van der Waals surface area contributed by atoms with Crippen LogP contribution in [0.25, 0.3) is 0 Å². The average Bonchev–Trinajstić information content (AvgIpc) is 3.21. The Hall–Kier alpha value is -3.09. The van der Waals surface area contributed by atoms with Crippen molar-refractivity contribution in [3.8, 4) is 0 Å². The first-order valence-corrected chi connectivity index (χ1v) is 11.9. The Morgan fingerprint density at radius 2 is 2.03 bits per heavy atom. The van der Waals surface area contributed by atoms with Crippen LogP contribution >= 0.6 is 0 Å². The van der Waals surface area contributed by atoms with E-state index in [0.29, 0.717) is 36.5 Å². The van der Waals surface area contributed by atoms with E-state index in [0.717, 1.165) is 31.3 Å². The number of ether oxygens (including phenoxy) is 1. The first-order valence-electron chi connectivity index (χ1n) is 11.9. The SMILES string of the molecule is CC(=CC=CC(C)CCC=C(C)CC1OC(=O)C(C)=C1O)CCCC1=CCN(CC(=O)O)C1=O. The Bertz CT molecular complexity index is 937. The van der Waals surface area contributed by atoms with Gasteiger partial charge in [0.15, 0.2) is 6.10 Å². The van der Waals surface area contributed by atoms with E-state index >= 15 is 0 Å². The summed E-state index contributed by atoms with van der Waals surface area (Å²) in [5, 5.41) is 18.8. The summed E-state index contributed by atoms with van der Waals surface area (Å²) in [5.41, 5.74) is 3.34. The van der Waals surface area contributed by atoms with Crippen LogP contribution in [0.1, 0.15) is 66.2 Å². The Morgan fingerprint density at radius 1 is 1.29 bits per heavy atom. The van der Waals surface area contributed by atoms with Crippen LogP contribution in [0.5, 0.6) is 0 Å². The minimum atomic E-state index is -0.988. The molecule has 2 atom stereocenters. The molecule has 0 fully saturated rings. The molecule has 0 spiro atoms. The number of nitrogens with zero attached hydrogens (tertiary/aromatic N) is 1. The van der Waals surface area contributed by atoms with E-state index in [9.17, 15) is 19.5 Å². The summed E-state index contributed by atoms with van der Waals surface area (Å²) >= 11 is 0. The Labute approximate surface area is 202 Å². The molecule has 0 aliphatic carbocycles. The number of carbonyl (C=O) groups is 3. The zero-order valence-electron chi connectivity index (χ0n) is 20.7. The summed E-state index contributed by atoms with van der Waals surface area (Å²) in [6.07, 6.45) is 14.6. The highest BCUT2D eigenvalue weighted by Gasteiger charge is 2.31. The highest BCUT2D eigenvalue weighted by Crippen LogP contribution is 2.25. The molecule has 2 heterocycles. The zero-order valence-corrected chi connectivity index (χ0v) is 20.7. The summed E-state index contributed by atoms with van der Waals surface area (Å²) in [4.78, 5) is 35.8. The Kier molecular flexibility index (Phi) is 10.4. The highest BCUT2D eigenvalue weighted by molar-refractivity contribution is 5.97. The molecule has 34 heavy (non-hydrogen) atoms. The van der Waals surface area contributed by atoms with Gasteiger partial charge in [-0.05, 0) is 58.8 Å². The number of aliphatic hydroxyl groups excluding tert-OH is 1. The lowest BCUT2D eigenvalue weighted by Crippen LogP contribution is -2.32. The van der Waals surface area contributed by atoms with Gasteiger partial charge in [0.25, 0.3) is 0 Å². The lowest BCUT2D eigenvalue weighted by Gasteiger charge is -2.13. The van der Waals surface area contributed by atoms with Crippen LogP contribution in [0, 0.1) is 5.92 Å². The number of cyclic esters (lactones) is 1. The molecule has 0 radical (unpaired) electrons. The molecule has 0 saturated heterocycles. The number of hydrogen-bond donors (Lipinski definition) is 2. The molecule has 0 saturated carbocycles. The standard InChI is InChI=1S/C27H37NO6/c1-18(10-6-12-20(3)16-23-25(31)21(4)27(33)34-23)8-5-9-19(2)11-7-13-22-14-15-28(26(22)32)17-24(29)30/h5,8-9,12,14,18,23,31H,6-7,10-11,13,15-17H2,1-4H3,(H,29,30). The number of allylic oxidation sites excluding steroid dienone is 5. The lowest BCUT2D eigenvalue weighted by atomic mass is 10.0. The minimum absolute atomic E-state index is 0.0444. The summed E-state index contributed by atoms with van der Waals surface area (Å²) in [6.45, 7) is 7.95. The second-order valence-electron chi connectivity index (χ2n) is 9.27. The molecule has 2 N–H and O–H groups in total. The fourth-order valence-corrected chi connectivity index (χ4v) is 3.98. The summed E-state index contributed by atoms with van der Waals surface area (Å²) < 4.78 is 5.18. The number of esters is 1. The van der Waals surface area contributed by atoms with Crippen LogP contribution in [0.3, 0.4) is 0 Å². The summed E-state index contributed by atoms with van der Waals surface area (Å²) in [5.74, 6) is -1.13. The molecule has 2 rings (SSSR count). The van der Waals surface area contributed by atoms with Gasteiger partial charge < -0.3 is 19.8 Å². The fraction of sp³-hybridized carbons (Fsp3) is 0.519. The van der Waals surface area contributed by atoms with Gasteiger partial charge in [0, 0.05) is 18.5 Å². The zero-order chi connectivity index (χ0) is 25.3. The number of carboxylic acid groups (broad SMARTS) is 1. The number of carbonyl (C=O) groups excluding carboxylic acids is 2. The largest absolute Gasteiger partial charge is 0.508 e. The smallest absolute Gasteiger partial charge is 0.338 e. The van der Waals surface area contributed by atoms with Crippen molar-refractivity contribution in [1.29, 1.82) is 0 Å². The molecule has 0 aromatic heterocycles. The molecule has 0 aromatic carbocycles. The summed E-state index contributed by atoms with van der Waals surface area (Å²) in [7, 11) is 0. The van der Waals surface area contributed by atoms with Crippen LogP contribution in [-0.4, -0.2) is 52.2 Å². The van der Waals surface area contributed by atoms with E-state index < -0.39 is 18.0 Å². The number of amides is 1. The molecule has 0 aromatic rings. The van der Waals surface area contributed by atoms with Gasteiger partial charge in [0.2, 0.25) is 5.91 Å². The van der Waals surface area contributed by atoms with Crippen LogP contribution in [0.4, 0.5) is 0 Å². The van der Waals surface area contributed by atoms with Crippen molar-refractivity contribution in [3.63, 3.8) is 0 Å². The molecule has 2 aliphatic rings. The van der Waals surface area contributed by atoms with Crippen LogP contribution < -0.4 is 0 Å². The van der Waals surface area contributed by atoms with E-state index in [-0.39, 0.29) is 18.2 Å². The van der Waals surface area contributed by atoms with Gasteiger partial charge in [-0.3, -0.25) is 9.59 Å². The normalized spacial score (nSPS) is 20.4. The van der Waals surface area contributed by atoms with Crippen LogP contribution in [0.2, 0.25) is 0 Å². The van der Waals surface area contributed by atoms with Crippen molar-refractivity contribution >= 4 is 17.8 Å². The first-order chi connectivity index (χ1) is 16.1. The topological polar surface area (TPSA) is 104 Å². The predicted octanol–water partition coefficient (Wildman–Crippen LogP) is 5.02. The van der Waals surface area contributed by atoms with Crippen molar-refractivity contribution in [3.05, 3.63) is 58.4 Å². The minimum Gasteiger partial charge on any atom is -0.508 e. The molecule has 0 bridgehead atoms. The number of hydrogen-bond acceptors (Lipinski definition) is 5. The van der Waals surface area contributed by atoms with Gasteiger partial charge in [-0.2, -0.15) is 0 Å². The van der Waals surface area contributed by atoms with E-state index in [2.05, 4.69) is 38.2 Å². The quantitative estimate of drug-likeness (QED) is 0.222. The predicted molar refractivity (Wildman–Crippen MR) is 131 cm³/mol. The van der Waals surface area contributed by atoms with E-state index in [1.54, 1.807) is 6.92 Å². The molecule has 7 heteroatoms. The van der Waals surface area contributed by atoms with Crippen molar-refractivity contribution in [2.75, 3.05) is 13.1 Å².